The number of hydrogen-bond donors (Lipinski definition) is 0. The summed E-state index contributed by atoms with van der Waals surface area (Å²) < 4.78 is 19.0. The van der Waals surface area contributed by atoms with Crippen LogP contribution in [0.2, 0.25) is 0 Å². The molecule has 2 rings (SSSR count). The molecule has 0 N–H and O–H groups in total. The number of rotatable bonds is 5. The van der Waals surface area contributed by atoms with Crippen LogP contribution in [-0.2, 0) is 0 Å². The molecule has 1 aromatic rings. The molecule has 0 saturated heterocycles. The zero-order chi connectivity index (χ0) is 13.7. The van der Waals surface area contributed by atoms with Gasteiger partial charge in [-0.1, -0.05) is 54.1 Å². The number of ether oxygens (including phenoxy) is 1. The van der Waals surface area contributed by atoms with Gasteiger partial charge in [-0.25, -0.2) is 4.39 Å². The number of halogens is 2. The molecule has 19 heavy (non-hydrogen) atoms. The molecule has 0 radical (unpaired) electrons. The van der Waals surface area contributed by atoms with Gasteiger partial charge in [-0.05, 0) is 24.8 Å². The monoisotopic (exact) mass is 328 g/mol. The number of hydrogen-bond acceptors (Lipinski definition) is 1. The number of methoxy groups -OCH3 is 1. The lowest BCUT2D eigenvalue weighted by Crippen LogP contribution is -2.07. The fourth-order valence-corrected chi connectivity index (χ4v) is 3.54. The first-order valence-corrected chi connectivity index (χ1v) is 8.09. The van der Waals surface area contributed by atoms with Crippen molar-refractivity contribution in [2.75, 3.05) is 7.11 Å². The molecule has 1 saturated carbocycles. The third-order valence-corrected chi connectivity index (χ3v) is 5.05. The Morgan fingerprint density at radius 2 is 2.05 bits per heavy atom. The molecule has 1 aliphatic carbocycles. The van der Waals surface area contributed by atoms with Gasteiger partial charge in [-0.2, -0.15) is 0 Å². The van der Waals surface area contributed by atoms with Crippen LogP contribution in [-0.4, -0.2) is 7.11 Å². The fourth-order valence-electron chi connectivity index (χ4n) is 2.90. The van der Waals surface area contributed by atoms with E-state index in [0.29, 0.717) is 5.75 Å². The van der Waals surface area contributed by atoms with Crippen LogP contribution >= 0.6 is 15.9 Å². The quantitative estimate of drug-likeness (QED) is 0.636. The summed E-state index contributed by atoms with van der Waals surface area (Å²) >= 11 is 3.63. The van der Waals surface area contributed by atoms with Gasteiger partial charge in [-0.3, -0.25) is 0 Å². The smallest absolute Gasteiger partial charge is 0.131 e. The highest BCUT2D eigenvalue weighted by atomic mass is 79.9. The van der Waals surface area contributed by atoms with E-state index in [2.05, 4.69) is 15.9 Å². The van der Waals surface area contributed by atoms with Crippen molar-refractivity contribution in [2.45, 2.75) is 49.8 Å². The first kappa shape index (κ1) is 14.8. The van der Waals surface area contributed by atoms with Crippen LogP contribution in [0.1, 0.15) is 55.3 Å². The summed E-state index contributed by atoms with van der Waals surface area (Å²) in [7, 11) is 1.56. The average Bonchev–Trinajstić information content (AvgIpc) is 2.45. The molecule has 0 aliphatic heterocycles. The van der Waals surface area contributed by atoms with E-state index in [4.69, 9.17) is 4.74 Å². The number of alkyl halides is 1. The molecule has 3 heteroatoms. The van der Waals surface area contributed by atoms with Gasteiger partial charge in [0.2, 0.25) is 0 Å². The molecule has 0 spiro atoms. The van der Waals surface area contributed by atoms with Crippen molar-refractivity contribution >= 4 is 15.9 Å². The van der Waals surface area contributed by atoms with Crippen LogP contribution in [0.5, 0.6) is 5.75 Å². The molecule has 1 unspecified atom stereocenters. The Morgan fingerprint density at radius 1 is 1.32 bits per heavy atom. The van der Waals surface area contributed by atoms with Crippen LogP contribution < -0.4 is 4.74 Å². The zero-order valence-corrected chi connectivity index (χ0v) is 13.1. The molecule has 0 heterocycles. The Bertz CT molecular complexity index is 402. The van der Waals surface area contributed by atoms with E-state index >= 15 is 0 Å². The summed E-state index contributed by atoms with van der Waals surface area (Å²) in [6.45, 7) is 0. The van der Waals surface area contributed by atoms with Gasteiger partial charge in [0.15, 0.2) is 0 Å². The Kier molecular flexibility index (Phi) is 5.68. The van der Waals surface area contributed by atoms with Crippen molar-refractivity contribution in [1.29, 1.82) is 0 Å². The van der Waals surface area contributed by atoms with Gasteiger partial charge in [0, 0.05) is 16.5 Å². The lowest BCUT2D eigenvalue weighted by molar-refractivity contribution is 0.331. The van der Waals surface area contributed by atoms with E-state index in [9.17, 15) is 4.39 Å². The van der Waals surface area contributed by atoms with Crippen molar-refractivity contribution in [1.82, 2.24) is 0 Å². The second-order valence-corrected chi connectivity index (χ2v) is 6.54. The molecule has 0 aromatic heterocycles. The average molecular weight is 329 g/mol. The van der Waals surface area contributed by atoms with Crippen LogP contribution in [0.3, 0.4) is 0 Å². The maximum atomic E-state index is 13.9. The summed E-state index contributed by atoms with van der Waals surface area (Å²) in [5.74, 6) is 1.24. The van der Waals surface area contributed by atoms with Crippen molar-refractivity contribution in [3.05, 3.63) is 29.6 Å². The van der Waals surface area contributed by atoms with E-state index in [0.717, 1.165) is 17.9 Å². The molecule has 1 aromatic carbocycles. The molecule has 1 fully saturated rings. The minimum atomic E-state index is -0.176. The van der Waals surface area contributed by atoms with Crippen LogP contribution in [0.15, 0.2) is 18.2 Å². The van der Waals surface area contributed by atoms with Crippen molar-refractivity contribution in [3.63, 3.8) is 0 Å². The highest BCUT2D eigenvalue weighted by molar-refractivity contribution is 9.09. The molecule has 106 valence electrons. The maximum Gasteiger partial charge on any atom is 0.131 e. The van der Waals surface area contributed by atoms with Gasteiger partial charge < -0.3 is 4.74 Å². The molecule has 0 amide bonds. The van der Waals surface area contributed by atoms with Crippen molar-refractivity contribution < 1.29 is 9.13 Å². The predicted molar refractivity (Wildman–Crippen MR) is 80.4 cm³/mol. The summed E-state index contributed by atoms with van der Waals surface area (Å²) in [6, 6.07) is 5.12. The van der Waals surface area contributed by atoms with Gasteiger partial charge in [-0.15, -0.1) is 0 Å². The SMILES string of the molecule is COc1ccc(C(Br)CCC2CCCCC2)c(F)c1. The van der Waals surface area contributed by atoms with Gasteiger partial charge >= 0.3 is 0 Å². The van der Waals surface area contributed by atoms with Gasteiger partial charge in [0.05, 0.1) is 7.11 Å². The standard InChI is InChI=1S/C16H22BrFO/c1-19-13-8-9-14(16(18)11-13)15(17)10-7-12-5-3-2-4-6-12/h8-9,11-12,15H,2-7,10H2,1H3. The largest absolute Gasteiger partial charge is 0.497 e. The molecular formula is C16H22BrFO. The summed E-state index contributed by atoms with van der Waals surface area (Å²) in [5.41, 5.74) is 0.747. The summed E-state index contributed by atoms with van der Waals surface area (Å²) in [5, 5.41) is 0. The first-order valence-electron chi connectivity index (χ1n) is 7.18. The highest BCUT2D eigenvalue weighted by Crippen LogP contribution is 2.35. The van der Waals surface area contributed by atoms with Gasteiger partial charge in [0.25, 0.3) is 0 Å². The maximum absolute atomic E-state index is 13.9. The molecule has 1 aliphatic rings. The zero-order valence-electron chi connectivity index (χ0n) is 11.5. The van der Waals surface area contributed by atoms with Crippen LogP contribution in [0, 0.1) is 11.7 Å². The lowest BCUT2D eigenvalue weighted by atomic mass is 9.85. The van der Waals surface area contributed by atoms with Crippen LogP contribution in [0.4, 0.5) is 4.39 Å². The second kappa shape index (κ2) is 7.28. The normalized spacial score (nSPS) is 18.3. The first-order chi connectivity index (χ1) is 9.20. The minimum Gasteiger partial charge on any atom is -0.497 e. The third-order valence-electron chi connectivity index (χ3n) is 4.10. The van der Waals surface area contributed by atoms with E-state index in [1.807, 2.05) is 12.1 Å². The Morgan fingerprint density at radius 3 is 2.68 bits per heavy atom. The second-order valence-electron chi connectivity index (χ2n) is 5.44. The Hall–Kier alpha value is -0.570. The van der Waals surface area contributed by atoms with Crippen molar-refractivity contribution in [3.8, 4) is 5.75 Å². The summed E-state index contributed by atoms with van der Waals surface area (Å²) in [4.78, 5) is 0.111. The van der Waals surface area contributed by atoms with Gasteiger partial charge in [0.1, 0.15) is 11.6 Å². The van der Waals surface area contributed by atoms with E-state index in [-0.39, 0.29) is 10.6 Å². The van der Waals surface area contributed by atoms with E-state index in [1.54, 1.807) is 7.11 Å². The lowest BCUT2D eigenvalue weighted by Gasteiger charge is -2.22. The Balaban J connectivity index is 1.89. The minimum absolute atomic E-state index is 0.111. The van der Waals surface area contributed by atoms with Crippen molar-refractivity contribution in [2.24, 2.45) is 5.92 Å². The topological polar surface area (TPSA) is 9.23 Å². The predicted octanol–water partition coefficient (Wildman–Crippen LogP) is 5.63. The highest BCUT2D eigenvalue weighted by Gasteiger charge is 2.18. The molecule has 1 nitrogen and oxygen atoms in total. The Labute approximate surface area is 123 Å². The molecule has 0 bridgehead atoms. The molecular weight excluding hydrogens is 307 g/mol. The van der Waals surface area contributed by atoms with E-state index < -0.39 is 0 Å². The number of benzene rings is 1. The van der Waals surface area contributed by atoms with E-state index in [1.165, 1.54) is 44.6 Å². The van der Waals surface area contributed by atoms with Crippen LogP contribution in [0.25, 0.3) is 0 Å². The molecule has 1 atom stereocenters. The summed E-state index contributed by atoms with van der Waals surface area (Å²) in [6.07, 6.45) is 9.04. The fraction of sp³-hybridized carbons (Fsp3) is 0.625. The third kappa shape index (κ3) is 4.20.